The molecule has 0 saturated carbocycles. The third-order valence-corrected chi connectivity index (χ3v) is 4.48. The zero-order valence-corrected chi connectivity index (χ0v) is 14.1. The minimum absolute atomic E-state index is 0.0209. The lowest BCUT2D eigenvalue weighted by Gasteiger charge is -2.38. The van der Waals surface area contributed by atoms with Crippen molar-refractivity contribution in [3.05, 3.63) is 45.1 Å². The number of hydrogen-bond donors (Lipinski definition) is 1. The molecule has 126 valence electrons. The smallest absolute Gasteiger partial charge is 0.397 e. The zero-order valence-electron chi connectivity index (χ0n) is 10.9. The van der Waals surface area contributed by atoms with Crippen molar-refractivity contribution in [2.45, 2.75) is 17.9 Å². The van der Waals surface area contributed by atoms with Gasteiger partial charge in [0, 0.05) is 26.9 Å². The van der Waals surface area contributed by atoms with Gasteiger partial charge in [-0.3, -0.25) is 0 Å². The van der Waals surface area contributed by atoms with E-state index in [-0.39, 0.29) is 19.3 Å². The Labute approximate surface area is 142 Å². The van der Waals surface area contributed by atoms with Gasteiger partial charge in [-0.2, -0.15) is 31.4 Å². The van der Waals surface area contributed by atoms with Gasteiger partial charge in [0.05, 0.1) is 5.69 Å². The summed E-state index contributed by atoms with van der Waals surface area (Å²) in [7, 11) is 0. The molecule has 0 aliphatic rings. The molecule has 0 amide bonds. The summed E-state index contributed by atoms with van der Waals surface area (Å²) in [6.45, 7) is 0. The first kappa shape index (κ1) is 18.1. The number of nitrogen functional groups attached to an aromatic ring is 1. The maximum absolute atomic E-state index is 13.6. The third-order valence-electron chi connectivity index (χ3n) is 3.17. The lowest BCUT2D eigenvalue weighted by atomic mass is 9.88. The van der Waals surface area contributed by atoms with Crippen LogP contribution >= 0.6 is 31.9 Å². The molecule has 0 spiro atoms. The van der Waals surface area contributed by atoms with Gasteiger partial charge in [0.15, 0.2) is 0 Å². The highest BCUT2D eigenvalue weighted by Gasteiger charge is 2.74. The molecular formula is C12H7Br2F6N3. The highest BCUT2D eigenvalue weighted by Crippen LogP contribution is 2.53. The first-order valence-corrected chi connectivity index (χ1v) is 7.40. The second kappa shape index (κ2) is 5.69. The van der Waals surface area contributed by atoms with E-state index in [1.54, 1.807) is 0 Å². The van der Waals surface area contributed by atoms with Crippen LogP contribution in [0.2, 0.25) is 0 Å². The predicted molar refractivity (Wildman–Crippen MR) is 77.7 cm³/mol. The fourth-order valence-electron chi connectivity index (χ4n) is 2.14. The molecule has 1 aromatic carbocycles. The first-order chi connectivity index (χ1) is 10.4. The molecule has 0 fully saturated rings. The maximum Gasteiger partial charge on any atom is 0.426 e. The molecule has 1 aromatic heterocycles. The predicted octanol–water partition coefficient (Wildman–Crippen LogP) is 4.86. The van der Waals surface area contributed by atoms with Crippen LogP contribution in [0.15, 0.2) is 39.5 Å². The van der Waals surface area contributed by atoms with Gasteiger partial charge < -0.3 is 5.73 Å². The van der Waals surface area contributed by atoms with Crippen LogP contribution in [0.3, 0.4) is 0 Å². The highest BCUT2D eigenvalue weighted by atomic mass is 79.9. The molecule has 0 radical (unpaired) electrons. The summed E-state index contributed by atoms with van der Waals surface area (Å²) in [5, 5.41) is 3.19. The summed E-state index contributed by atoms with van der Waals surface area (Å²) in [6, 6.07) is 2.35. The number of alkyl halides is 6. The van der Waals surface area contributed by atoms with Gasteiger partial charge in [-0.05, 0) is 50.1 Å². The fourth-order valence-corrected chi connectivity index (χ4v) is 3.33. The fraction of sp³-hybridized carbons (Fsp3) is 0.250. The van der Waals surface area contributed by atoms with Crippen LogP contribution in [0.5, 0.6) is 0 Å². The Hall–Kier alpha value is -1.23. The monoisotopic (exact) mass is 465 g/mol. The number of benzene rings is 1. The summed E-state index contributed by atoms with van der Waals surface area (Å²) >= 11 is 5.73. The van der Waals surface area contributed by atoms with E-state index in [1.807, 2.05) is 0 Å². The van der Waals surface area contributed by atoms with E-state index in [2.05, 4.69) is 37.0 Å². The Morgan fingerprint density at radius 3 is 1.78 bits per heavy atom. The maximum atomic E-state index is 13.6. The molecule has 23 heavy (non-hydrogen) atoms. The van der Waals surface area contributed by atoms with Crippen molar-refractivity contribution in [1.82, 2.24) is 9.78 Å². The van der Waals surface area contributed by atoms with E-state index in [1.165, 1.54) is 0 Å². The van der Waals surface area contributed by atoms with Crippen molar-refractivity contribution in [3.63, 3.8) is 0 Å². The number of anilines is 1. The van der Waals surface area contributed by atoms with Crippen molar-refractivity contribution < 1.29 is 26.3 Å². The van der Waals surface area contributed by atoms with Crippen LogP contribution in [-0.2, 0) is 5.54 Å². The number of rotatable bonds is 2. The molecule has 2 rings (SSSR count). The van der Waals surface area contributed by atoms with E-state index < -0.39 is 23.5 Å². The second-order valence-electron chi connectivity index (χ2n) is 4.51. The summed E-state index contributed by atoms with van der Waals surface area (Å²) in [6.07, 6.45) is -9.95. The van der Waals surface area contributed by atoms with Crippen molar-refractivity contribution in [3.8, 4) is 0 Å². The van der Waals surface area contributed by atoms with Gasteiger partial charge in [-0.1, -0.05) is 0 Å². The van der Waals surface area contributed by atoms with Gasteiger partial charge in [0.2, 0.25) is 0 Å². The van der Waals surface area contributed by atoms with Crippen molar-refractivity contribution in [2.75, 3.05) is 5.73 Å². The topological polar surface area (TPSA) is 43.8 Å². The van der Waals surface area contributed by atoms with Crippen LogP contribution < -0.4 is 5.73 Å². The standard InChI is InChI=1S/C12H7Br2F6N3/c13-7-4-6(5-8(14)9(7)21)10(11(15,16)17,12(18,19)20)23-3-1-2-22-23/h1-5H,21H2. The van der Waals surface area contributed by atoms with Crippen LogP contribution in [0, 0.1) is 0 Å². The Bertz CT molecular complexity index is 672. The molecule has 0 atom stereocenters. The van der Waals surface area contributed by atoms with E-state index in [9.17, 15) is 26.3 Å². The largest absolute Gasteiger partial charge is 0.426 e. The van der Waals surface area contributed by atoms with Crippen LogP contribution in [0.1, 0.15) is 5.56 Å². The first-order valence-electron chi connectivity index (χ1n) is 5.81. The van der Waals surface area contributed by atoms with E-state index in [0.29, 0.717) is 18.3 Å². The summed E-state index contributed by atoms with van der Waals surface area (Å²) in [5.41, 5.74) is 0.111. The molecule has 1 heterocycles. The molecule has 0 saturated heterocycles. The van der Waals surface area contributed by atoms with Gasteiger partial charge in [-0.25, -0.2) is 4.68 Å². The number of hydrogen-bond acceptors (Lipinski definition) is 2. The molecule has 0 bridgehead atoms. The molecule has 2 N–H and O–H groups in total. The zero-order chi connectivity index (χ0) is 17.6. The highest BCUT2D eigenvalue weighted by molar-refractivity contribution is 9.11. The van der Waals surface area contributed by atoms with Crippen molar-refractivity contribution in [1.29, 1.82) is 0 Å². The molecule has 0 unspecified atom stereocenters. The Morgan fingerprint density at radius 1 is 0.957 bits per heavy atom. The molecule has 11 heteroatoms. The molecular weight excluding hydrogens is 460 g/mol. The third kappa shape index (κ3) is 2.73. The number of aromatic nitrogens is 2. The number of nitrogens with two attached hydrogens (primary N) is 1. The SMILES string of the molecule is Nc1c(Br)cc(C(n2cccn2)(C(F)(F)F)C(F)(F)F)cc1Br. The average molecular weight is 467 g/mol. The van der Waals surface area contributed by atoms with Crippen molar-refractivity contribution in [2.24, 2.45) is 0 Å². The van der Waals surface area contributed by atoms with Crippen LogP contribution in [0.25, 0.3) is 0 Å². The molecule has 0 aliphatic carbocycles. The summed E-state index contributed by atoms with van der Waals surface area (Å²) in [5.74, 6) is 0. The molecule has 0 aliphatic heterocycles. The normalized spacial score (nSPS) is 13.4. The Morgan fingerprint density at radius 2 is 1.43 bits per heavy atom. The minimum Gasteiger partial charge on any atom is -0.397 e. The Balaban J connectivity index is 2.94. The summed E-state index contributed by atoms with van der Waals surface area (Å²) < 4.78 is 81.5. The van der Waals surface area contributed by atoms with E-state index >= 15 is 0 Å². The van der Waals surface area contributed by atoms with Gasteiger partial charge in [0.25, 0.3) is 5.54 Å². The Kier molecular flexibility index (Phi) is 4.48. The van der Waals surface area contributed by atoms with Gasteiger partial charge >= 0.3 is 12.4 Å². The number of nitrogens with zero attached hydrogens (tertiary/aromatic N) is 2. The molecule has 2 aromatic rings. The molecule has 3 nitrogen and oxygen atoms in total. The lowest BCUT2D eigenvalue weighted by molar-refractivity contribution is -0.316. The van der Waals surface area contributed by atoms with Crippen molar-refractivity contribution >= 4 is 37.5 Å². The second-order valence-corrected chi connectivity index (χ2v) is 6.22. The van der Waals surface area contributed by atoms with Crippen LogP contribution in [0.4, 0.5) is 32.0 Å². The van der Waals surface area contributed by atoms with Gasteiger partial charge in [-0.15, -0.1) is 0 Å². The summed E-state index contributed by atoms with van der Waals surface area (Å²) in [4.78, 5) is 0. The lowest BCUT2D eigenvalue weighted by Crippen LogP contribution is -2.59. The van der Waals surface area contributed by atoms with E-state index in [4.69, 9.17) is 5.73 Å². The quantitative estimate of drug-likeness (QED) is 0.507. The minimum atomic E-state index is -5.70. The van der Waals surface area contributed by atoms with Crippen LogP contribution in [-0.4, -0.2) is 22.1 Å². The average Bonchev–Trinajstić information content (AvgIpc) is 2.87. The van der Waals surface area contributed by atoms with Gasteiger partial charge in [0.1, 0.15) is 0 Å². The van der Waals surface area contributed by atoms with E-state index in [0.717, 1.165) is 12.3 Å². The number of halogens is 8.